The Morgan fingerprint density at radius 1 is 1.32 bits per heavy atom. The monoisotopic (exact) mass is 314 g/mol. The maximum Gasteiger partial charge on any atom is 0.302 e. The molecule has 22 heavy (non-hydrogen) atoms. The second-order valence-corrected chi connectivity index (χ2v) is 4.78. The number of rotatable bonds is 3. The largest absolute Gasteiger partial charge is 0.495 e. The fourth-order valence-corrected chi connectivity index (χ4v) is 2.52. The van der Waals surface area contributed by atoms with Crippen molar-refractivity contribution in [3.8, 4) is 17.2 Å². The molecule has 0 spiro atoms. The van der Waals surface area contributed by atoms with E-state index in [4.69, 9.17) is 18.6 Å². The number of ketones is 1. The van der Waals surface area contributed by atoms with Gasteiger partial charge in [-0.2, -0.15) is 0 Å². The molecule has 1 aromatic heterocycles. The van der Waals surface area contributed by atoms with Crippen molar-refractivity contribution in [2.75, 3.05) is 14.2 Å². The number of ether oxygens (including phenoxy) is 3. The molecule has 3 rings (SSSR count). The molecule has 2 heterocycles. The summed E-state index contributed by atoms with van der Waals surface area (Å²) in [4.78, 5) is 12.3. The maximum absolute atomic E-state index is 13.0. The van der Waals surface area contributed by atoms with Gasteiger partial charge in [0.2, 0.25) is 5.75 Å². The van der Waals surface area contributed by atoms with E-state index in [1.807, 2.05) is 0 Å². The zero-order valence-corrected chi connectivity index (χ0v) is 11.7. The number of halogens is 2. The molecule has 8 heteroatoms. The minimum Gasteiger partial charge on any atom is -0.495 e. The van der Waals surface area contributed by atoms with Gasteiger partial charge in [0.15, 0.2) is 17.1 Å². The van der Waals surface area contributed by atoms with Crippen molar-refractivity contribution in [2.45, 2.75) is 18.6 Å². The van der Waals surface area contributed by atoms with Crippen molar-refractivity contribution >= 4 is 16.8 Å². The minimum atomic E-state index is -3.27. The number of Topliss-reactive ketones (excluding diaryl/α,β-unsaturated/α-hetero) is 1. The zero-order valence-electron chi connectivity index (χ0n) is 11.7. The van der Waals surface area contributed by atoms with Crippen LogP contribution in [-0.4, -0.2) is 37.3 Å². The molecule has 0 bridgehead atoms. The van der Waals surface area contributed by atoms with Crippen molar-refractivity contribution in [1.82, 2.24) is 0 Å². The summed E-state index contributed by atoms with van der Waals surface area (Å²) in [6.45, 7) is 0. The molecular weight excluding hydrogens is 302 g/mol. The van der Waals surface area contributed by atoms with E-state index >= 15 is 0 Å². The highest BCUT2D eigenvalue weighted by molar-refractivity contribution is 6.10. The maximum atomic E-state index is 13.0. The Hall–Kier alpha value is -2.35. The summed E-state index contributed by atoms with van der Waals surface area (Å²) in [5.41, 5.74) is 0.114. The molecule has 1 atom stereocenters. The lowest BCUT2D eigenvalue weighted by atomic mass is 9.95. The van der Waals surface area contributed by atoms with Crippen molar-refractivity contribution in [1.29, 1.82) is 0 Å². The zero-order chi connectivity index (χ0) is 16.1. The molecule has 0 aliphatic carbocycles. The fraction of sp³-hybridized carbons (Fsp3) is 0.357. The van der Waals surface area contributed by atoms with Gasteiger partial charge in [-0.05, 0) is 6.07 Å². The first-order valence-corrected chi connectivity index (χ1v) is 6.30. The average molecular weight is 314 g/mol. The standard InChI is InChI=1S/C14H12F2O6/c1-19-9-6-3-4-21-10(6)12(20-2)11-8(9)7(17)5-14(18,22-11)13(15)16/h3-4,13,18H,5H2,1-2H3/t14-/m0/s1. The summed E-state index contributed by atoms with van der Waals surface area (Å²) in [6.07, 6.45) is -2.82. The predicted octanol–water partition coefficient (Wildman–Crippen LogP) is 2.37. The van der Waals surface area contributed by atoms with E-state index in [9.17, 15) is 18.7 Å². The van der Waals surface area contributed by atoms with Gasteiger partial charge in [-0.25, -0.2) is 8.78 Å². The van der Waals surface area contributed by atoms with Crippen molar-refractivity contribution in [3.05, 3.63) is 17.9 Å². The molecule has 0 radical (unpaired) electrons. The Bertz CT molecular complexity index is 753. The smallest absolute Gasteiger partial charge is 0.302 e. The molecule has 0 saturated heterocycles. The SMILES string of the molecule is COc1c2c(c(OC)c3occc13)O[C@](O)(C(F)F)CC2=O. The van der Waals surface area contributed by atoms with Gasteiger partial charge in [-0.1, -0.05) is 0 Å². The first kappa shape index (κ1) is 14.6. The highest BCUT2D eigenvalue weighted by atomic mass is 19.3. The van der Waals surface area contributed by atoms with Crippen LogP contribution >= 0.6 is 0 Å². The molecule has 0 unspecified atom stereocenters. The van der Waals surface area contributed by atoms with Gasteiger partial charge in [0.1, 0.15) is 11.3 Å². The number of furan rings is 1. The normalized spacial score (nSPS) is 20.9. The summed E-state index contributed by atoms with van der Waals surface area (Å²) in [7, 11) is 2.60. The van der Waals surface area contributed by atoms with Crippen LogP contribution in [0.25, 0.3) is 11.0 Å². The van der Waals surface area contributed by atoms with E-state index in [1.165, 1.54) is 20.5 Å². The Labute approximate surface area is 123 Å². The number of methoxy groups -OCH3 is 2. The first-order chi connectivity index (χ1) is 10.4. The number of alkyl halides is 2. The van der Waals surface area contributed by atoms with E-state index in [1.54, 1.807) is 6.07 Å². The molecule has 0 saturated carbocycles. The van der Waals surface area contributed by atoms with E-state index in [-0.39, 0.29) is 28.4 Å². The number of carbonyl (C=O) groups is 1. The molecule has 2 aromatic rings. The Balaban J connectivity index is 2.35. The molecule has 1 N–H and O–H groups in total. The quantitative estimate of drug-likeness (QED) is 0.937. The summed E-state index contributed by atoms with van der Waals surface area (Å²) in [5.74, 6) is -3.89. The van der Waals surface area contributed by atoms with Crippen molar-refractivity contribution in [2.24, 2.45) is 0 Å². The van der Waals surface area contributed by atoms with E-state index in [0.29, 0.717) is 5.39 Å². The van der Waals surface area contributed by atoms with Gasteiger partial charge >= 0.3 is 6.43 Å². The van der Waals surface area contributed by atoms with E-state index in [0.717, 1.165) is 0 Å². The van der Waals surface area contributed by atoms with Crippen LogP contribution in [0.1, 0.15) is 16.8 Å². The molecule has 6 nitrogen and oxygen atoms in total. The van der Waals surface area contributed by atoms with Gasteiger partial charge < -0.3 is 23.7 Å². The Morgan fingerprint density at radius 2 is 2.00 bits per heavy atom. The van der Waals surface area contributed by atoms with Crippen LogP contribution in [0.4, 0.5) is 8.78 Å². The topological polar surface area (TPSA) is 78.1 Å². The second-order valence-electron chi connectivity index (χ2n) is 4.78. The predicted molar refractivity (Wildman–Crippen MR) is 69.8 cm³/mol. The lowest BCUT2D eigenvalue weighted by molar-refractivity contribution is -0.220. The molecule has 0 fully saturated rings. The number of hydrogen-bond acceptors (Lipinski definition) is 6. The highest BCUT2D eigenvalue weighted by Crippen LogP contribution is 2.50. The number of hydrogen-bond donors (Lipinski definition) is 1. The van der Waals surface area contributed by atoms with Crippen LogP contribution in [0.2, 0.25) is 0 Å². The number of carbonyl (C=O) groups excluding carboxylic acids is 1. The van der Waals surface area contributed by atoms with Crippen molar-refractivity contribution < 1.29 is 37.3 Å². The third-order valence-corrected chi connectivity index (χ3v) is 3.50. The third kappa shape index (κ3) is 1.83. The summed E-state index contributed by atoms with van der Waals surface area (Å²) >= 11 is 0. The summed E-state index contributed by atoms with van der Waals surface area (Å²) < 4.78 is 46.6. The summed E-state index contributed by atoms with van der Waals surface area (Å²) in [5, 5.41) is 10.3. The molecule has 1 aliphatic rings. The van der Waals surface area contributed by atoms with Crippen molar-refractivity contribution in [3.63, 3.8) is 0 Å². The van der Waals surface area contributed by atoms with Gasteiger partial charge in [0, 0.05) is 0 Å². The Morgan fingerprint density at radius 3 is 2.59 bits per heavy atom. The molecule has 1 aromatic carbocycles. The van der Waals surface area contributed by atoms with Gasteiger partial charge in [-0.3, -0.25) is 4.79 Å². The van der Waals surface area contributed by atoms with Crippen LogP contribution in [0.5, 0.6) is 17.2 Å². The number of benzene rings is 1. The molecule has 1 aliphatic heterocycles. The lowest BCUT2D eigenvalue weighted by Gasteiger charge is -2.33. The number of aliphatic hydroxyl groups is 1. The van der Waals surface area contributed by atoms with Gasteiger partial charge in [0.25, 0.3) is 5.79 Å². The van der Waals surface area contributed by atoms with E-state index in [2.05, 4.69) is 0 Å². The number of fused-ring (bicyclic) bond motifs is 2. The van der Waals surface area contributed by atoms with Crippen LogP contribution in [0, 0.1) is 0 Å². The average Bonchev–Trinajstić information content (AvgIpc) is 2.93. The van der Waals surface area contributed by atoms with Gasteiger partial charge in [0.05, 0.1) is 32.3 Å². The third-order valence-electron chi connectivity index (χ3n) is 3.50. The summed E-state index contributed by atoms with van der Waals surface area (Å²) in [6, 6.07) is 1.55. The van der Waals surface area contributed by atoms with Crippen LogP contribution in [0.3, 0.4) is 0 Å². The first-order valence-electron chi connectivity index (χ1n) is 6.30. The van der Waals surface area contributed by atoms with Crippen LogP contribution in [-0.2, 0) is 0 Å². The Kier molecular flexibility index (Phi) is 3.21. The molecule has 118 valence electrons. The fourth-order valence-electron chi connectivity index (χ4n) is 2.52. The lowest BCUT2D eigenvalue weighted by Crippen LogP contribution is -2.48. The van der Waals surface area contributed by atoms with Crippen LogP contribution < -0.4 is 14.2 Å². The van der Waals surface area contributed by atoms with E-state index < -0.39 is 24.4 Å². The second kappa shape index (κ2) is 4.84. The minimum absolute atomic E-state index is 0.0528. The highest BCUT2D eigenvalue weighted by Gasteiger charge is 2.49. The van der Waals surface area contributed by atoms with Gasteiger partial charge in [-0.15, -0.1) is 0 Å². The van der Waals surface area contributed by atoms with Crippen LogP contribution in [0.15, 0.2) is 16.7 Å². The molecular formula is C14H12F2O6. The molecule has 0 amide bonds.